The van der Waals surface area contributed by atoms with E-state index in [1.165, 1.54) is 7.11 Å². The third kappa shape index (κ3) is 3.36. The van der Waals surface area contributed by atoms with Crippen LogP contribution in [-0.4, -0.2) is 27.6 Å². The number of carbonyl (C=O) groups is 1. The minimum Gasteiger partial charge on any atom is -0.465 e. The number of fused-ring (bicyclic) bond motifs is 1. The molecule has 7 heteroatoms. The average Bonchev–Trinajstić information content (AvgIpc) is 2.73. The first kappa shape index (κ1) is 18.8. The number of ether oxygens (including phenoxy) is 1. The van der Waals surface area contributed by atoms with Crippen molar-refractivity contribution < 1.29 is 9.53 Å². The number of aromatic amines is 1. The molecule has 2 heterocycles. The Kier molecular flexibility index (Phi) is 4.82. The van der Waals surface area contributed by atoms with E-state index >= 15 is 0 Å². The lowest BCUT2D eigenvalue weighted by molar-refractivity contribution is 0.0603. The molecule has 0 aliphatic heterocycles. The van der Waals surface area contributed by atoms with Crippen molar-refractivity contribution in [1.82, 2.24) is 14.5 Å². The zero-order valence-electron chi connectivity index (χ0n) is 15.8. The van der Waals surface area contributed by atoms with E-state index in [-0.39, 0.29) is 15.7 Å². The Labute approximate surface area is 171 Å². The molecule has 0 aliphatic rings. The van der Waals surface area contributed by atoms with Gasteiger partial charge in [-0.05, 0) is 42.9 Å². The van der Waals surface area contributed by atoms with Gasteiger partial charge in [-0.25, -0.2) is 9.78 Å². The van der Waals surface area contributed by atoms with Crippen LogP contribution in [0.5, 0.6) is 0 Å². The molecule has 0 aliphatic carbocycles. The third-order valence-corrected chi connectivity index (χ3v) is 4.88. The highest BCUT2D eigenvalue weighted by molar-refractivity contribution is 7.71. The predicted octanol–water partition coefficient (Wildman–Crippen LogP) is 4.21. The summed E-state index contributed by atoms with van der Waals surface area (Å²) in [6, 6.07) is 18.6. The normalized spacial score (nSPS) is 10.8. The molecule has 4 rings (SSSR count). The average molecular weight is 403 g/mol. The van der Waals surface area contributed by atoms with Crippen LogP contribution in [0.3, 0.4) is 0 Å². The van der Waals surface area contributed by atoms with Crippen molar-refractivity contribution in [2.24, 2.45) is 0 Å². The van der Waals surface area contributed by atoms with Gasteiger partial charge in [-0.3, -0.25) is 14.3 Å². The summed E-state index contributed by atoms with van der Waals surface area (Å²) >= 11 is 5.44. The largest absolute Gasteiger partial charge is 0.465 e. The molecule has 0 saturated heterocycles. The van der Waals surface area contributed by atoms with Gasteiger partial charge < -0.3 is 4.74 Å². The van der Waals surface area contributed by atoms with Crippen LogP contribution >= 0.6 is 12.2 Å². The van der Waals surface area contributed by atoms with Gasteiger partial charge in [-0.2, -0.15) is 0 Å². The molecule has 0 radical (unpaired) electrons. The number of benzene rings is 2. The van der Waals surface area contributed by atoms with Gasteiger partial charge in [0, 0.05) is 5.56 Å². The number of methoxy groups -OCH3 is 1. The molecule has 144 valence electrons. The molecule has 2 aromatic carbocycles. The molecule has 6 nitrogen and oxygen atoms in total. The number of H-pyrrole nitrogens is 1. The van der Waals surface area contributed by atoms with E-state index < -0.39 is 11.5 Å². The minimum absolute atomic E-state index is 0.131. The van der Waals surface area contributed by atoms with Crippen LogP contribution in [0.4, 0.5) is 0 Å². The first-order valence-corrected chi connectivity index (χ1v) is 9.31. The van der Waals surface area contributed by atoms with Crippen molar-refractivity contribution in [2.45, 2.75) is 6.92 Å². The van der Waals surface area contributed by atoms with Gasteiger partial charge in [-0.1, -0.05) is 42.5 Å². The summed E-state index contributed by atoms with van der Waals surface area (Å²) in [5.74, 6) is -0.618. The van der Waals surface area contributed by atoms with Crippen LogP contribution in [0.25, 0.3) is 28.0 Å². The summed E-state index contributed by atoms with van der Waals surface area (Å²) in [7, 11) is 1.28. The molecule has 0 unspecified atom stereocenters. The van der Waals surface area contributed by atoms with E-state index in [9.17, 15) is 9.59 Å². The summed E-state index contributed by atoms with van der Waals surface area (Å²) in [5, 5.41) is 0.131. The summed E-state index contributed by atoms with van der Waals surface area (Å²) in [6.07, 6.45) is 0. The number of nitrogens with zero attached hydrogens (tertiary/aromatic N) is 2. The lowest BCUT2D eigenvalue weighted by Gasteiger charge is -2.14. The first-order valence-electron chi connectivity index (χ1n) is 8.90. The van der Waals surface area contributed by atoms with Crippen LogP contribution in [0, 0.1) is 11.7 Å². The smallest absolute Gasteiger partial charge is 0.338 e. The number of aromatic nitrogens is 3. The first-order chi connectivity index (χ1) is 14.0. The Morgan fingerprint density at radius 3 is 2.55 bits per heavy atom. The quantitative estimate of drug-likeness (QED) is 0.410. The second kappa shape index (κ2) is 7.44. The number of hydrogen-bond acceptors (Lipinski definition) is 5. The number of aryl methyl sites for hydroxylation is 1. The molecule has 2 aromatic heterocycles. The predicted molar refractivity (Wildman–Crippen MR) is 114 cm³/mol. The fourth-order valence-electron chi connectivity index (χ4n) is 3.26. The van der Waals surface area contributed by atoms with E-state index in [1.807, 2.05) is 61.5 Å². The Morgan fingerprint density at radius 2 is 1.86 bits per heavy atom. The molecule has 1 N–H and O–H groups in total. The van der Waals surface area contributed by atoms with Crippen molar-refractivity contribution in [3.05, 3.63) is 86.9 Å². The SMILES string of the molecule is COC(=O)c1cc(-c2ccccc2)nc2c1c(=O)[nH]c(=S)n2-c1cccc(C)c1. The second-order valence-electron chi connectivity index (χ2n) is 6.54. The van der Waals surface area contributed by atoms with Gasteiger partial charge in [0.2, 0.25) is 0 Å². The van der Waals surface area contributed by atoms with Crippen molar-refractivity contribution in [3.63, 3.8) is 0 Å². The molecular weight excluding hydrogens is 386 g/mol. The number of esters is 1. The molecule has 0 amide bonds. The van der Waals surface area contributed by atoms with Gasteiger partial charge in [0.25, 0.3) is 5.56 Å². The molecule has 0 spiro atoms. The molecule has 4 aromatic rings. The molecule has 0 atom stereocenters. The van der Waals surface area contributed by atoms with Gasteiger partial charge >= 0.3 is 5.97 Å². The molecular formula is C22H17N3O3S. The number of pyridine rings is 1. The third-order valence-electron chi connectivity index (χ3n) is 4.60. The van der Waals surface area contributed by atoms with Crippen LogP contribution in [0.15, 0.2) is 65.5 Å². The van der Waals surface area contributed by atoms with Crippen molar-refractivity contribution in [1.29, 1.82) is 0 Å². The van der Waals surface area contributed by atoms with Gasteiger partial charge in [0.05, 0.1) is 29.4 Å². The highest BCUT2D eigenvalue weighted by atomic mass is 32.1. The highest BCUT2D eigenvalue weighted by Crippen LogP contribution is 2.25. The number of rotatable bonds is 3. The highest BCUT2D eigenvalue weighted by Gasteiger charge is 2.20. The van der Waals surface area contributed by atoms with E-state index in [1.54, 1.807) is 10.6 Å². The summed E-state index contributed by atoms with van der Waals surface area (Å²) < 4.78 is 6.79. The number of nitrogens with one attached hydrogen (secondary N) is 1. The summed E-state index contributed by atoms with van der Waals surface area (Å²) in [4.78, 5) is 32.6. The van der Waals surface area contributed by atoms with Crippen molar-refractivity contribution in [2.75, 3.05) is 7.11 Å². The molecule has 29 heavy (non-hydrogen) atoms. The summed E-state index contributed by atoms with van der Waals surface area (Å²) in [5.41, 5.74) is 3.06. The van der Waals surface area contributed by atoms with E-state index in [0.717, 1.165) is 16.8 Å². The fourth-order valence-corrected chi connectivity index (χ4v) is 3.55. The molecule has 0 fully saturated rings. The Morgan fingerprint density at radius 1 is 1.10 bits per heavy atom. The van der Waals surface area contributed by atoms with Gasteiger partial charge in [0.1, 0.15) is 0 Å². The van der Waals surface area contributed by atoms with Crippen molar-refractivity contribution >= 4 is 29.2 Å². The van der Waals surface area contributed by atoms with Crippen LogP contribution < -0.4 is 5.56 Å². The minimum atomic E-state index is -0.618. The zero-order valence-corrected chi connectivity index (χ0v) is 16.6. The topological polar surface area (TPSA) is 77.0 Å². The van der Waals surface area contributed by atoms with Crippen LogP contribution in [-0.2, 0) is 4.74 Å². The standard InChI is InChI=1S/C22H17N3O3S/c1-13-7-6-10-15(11-13)25-19-18(20(26)24-22(25)29)16(21(27)28-2)12-17(23-19)14-8-4-3-5-9-14/h3-12H,1-2H3,(H,24,26,29). The lowest BCUT2D eigenvalue weighted by atomic mass is 10.1. The zero-order chi connectivity index (χ0) is 20.5. The Bertz CT molecular complexity index is 1360. The summed E-state index contributed by atoms with van der Waals surface area (Å²) in [6.45, 7) is 1.96. The van der Waals surface area contributed by atoms with E-state index in [4.69, 9.17) is 21.9 Å². The molecule has 0 bridgehead atoms. The maximum Gasteiger partial charge on any atom is 0.338 e. The Hall–Kier alpha value is -3.58. The molecule has 0 saturated carbocycles. The van der Waals surface area contributed by atoms with Crippen molar-refractivity contribution in [3.8, 4) is 16.9 Å². The lowest BCUT2D eigenvalue weighted by Crippen LogP contribution is -2.19. The maximum atomic E-state index is 12.8. The van der Waals surface area contributed by atoms with E-state index in [2.05, 4.69) is 4.98 Å². The maximum absolute atomic E-state index is 12.8. The number of carbonyl (C=O) groups excluding carboxylic acids is 1. The second-order valence-corrected chi connectivity index (χ2v) is 6.93. The van der Waals surface area contributed by atoms with Gasteiger partial charge in [-0.15, -0.1) is 0 Å². The van der Waals surface area contributed by atoms with Crippen LogP contribution in [0.1, 0.15) is 15.9 Å². The monoisotopic (exact) mass is 403 g/mol. The fraction of sp³-hybridized carbons (Fsp3) is 0.0909. The van der Waals surface area contributed by atoms with E-state index in [0.29, 0.717) is 11.3 Å². The Balaban J connectivity index is 2.18. The van der Waals surface area contributed by atoms with Gasteiger partial charge in [0.15, 0.2) is 10.4 Å². The van der Waals surface area contributed by atoms with Crippen LogP contribution in [0.2, 0.25) is 0 Å². The number of hydrogen-bond donors (Lipinski definition) is 1.